The number of aliphatic imine (C=N–C) groups is 1. The van der Waals surface area contributed by atoms with E-state index in [2.05, 4.69) is 32.5 Å². The summed E-state index contributed by atoms with van der Waals surface area (Å²) in [6, 6.07) is 5.67. The van der Waals surface area contributed by atoms with E-state index in [4.69, 9.17) is 4.74 Å². The van der Waals surface area contributed by atoms with Gasteiger partial charge in [0, 0.05) is 17.5 Å². The largest absolute Gasteiger partial charge is 0.481 e. The Labute approximate surface area is 141 Å². The number of methoxy groups -OCH3 is 1. The molecule has 0 aliphatic rings. The highest BCUT2D eigenvalue weighted by molar-refractivity contribution is 7.11. The van der Waals surface area contributed by atoms with Crippen LogP contribution in [-0.2, 0) is 13.1 Å². The van der Waals surface area contributed by atoms with Crippen molar-refractivity contribution in [3.63, 3.8) is 0 Å². The minimum absolute atomic E-state index is 0.489. The van der Waals surface area contributed by atoms with Crippen molar-refractivity contribution < 1.29 is 4.74 Å². The maximum Gasteiger partial charge on any atom is 0.213 e. The van der Waals surface area contributed by atoms with E-state index in [9.17, 15) is 0 Å². The van der Waals surface area contributed by atoms with Crippen molar-refractivity contribution in [1.29, 1.82) is 0 Å². The molecule has 6 nitrogen and oxygen atoms in total. The van der Waals surface area contributed by atoms with Crippen LogP contribution >= 0.6 is 11.3 Å². The highest BCUT2D eigenvalue weighted by Gasteiger charge is 2.05. The molecular formula is C16H23N5OS. The highest BCUT2D eigenvalue weighted by Crippen LogP contribution is 2.15. The highest BCUT2D eigenvalue weighted by atomic mass is 32.1. The number of thiazole rings is 1. The van der Waals surface area contributed by atoms with Gasteiger partial charge in [-0.1, -0.05) is 6.07 Å². The van der Waals surface area contributed by atoms with Gasteiger partial charge in [0.05, 0.1) is 31.6 Å². The van der Waals surface area contributed by atoms with Gasteiger partial charge in [0.25, 0.3) is 0 Å². The second-order valence-electron chi connectivity index (χ2n) is 4.97. The third-order valence-corrected chi connectivity index (χ3v) is 4.29. The third kappa shape index (κ3) is 5.21. The van der Waals surface area contributed by atoms with Gasteiger partial charge in [0.1, 0.15) is 5.01 Å². The van der Waals surface area contributed by atoms with Gasteiger partial charge >= 0.3 is 0 Å². The van der Waals surface area contributed by atoms with Gasteiger partial charge < -0.3 is 15.4 Å². The summed E-state index contributed by atoms with van der Waals surface area (Å²) >= 11 is 1.71. The first-order valence-corrected chi connectivity index (χ1v) is 8.39. The first-order valence-electron chi connectivity index (χ1n) is 7.57. The van der Waals surface area contributed by atoms with Gasteiger partial charge in [-0.25, -0.2) is 15.0 Å². The minimum atomic E-state index is 0.489. The van der Waals surface area contributed by atoms with Gasteiger partial charge in [-0.05, 0) is 26.8 Å². The minimum Gasteiger partial charge on any atom is -0.481 e. The van der Waals surface area contributed by atoms with Gasteiger partial charge in [-0.2, -0.15) is 0 Å². The molecule has 2 N–H and O–H groups in total. The molecular weight excluding hydrogens is 310 g/mol. The van der Waals surface area contributed by atoms with E-state index in [1.165, 1.54) is 4.88 Å². The van der Waals surface area contributed by atoms with Gasteiger partial charge in [0.2, 0.25) is 5.88 Å². The van der Waals surface area contributed by atoms with Crippen LogP contribution in [0.15, 0.2) is 23.2 Å². The molecule has 23 heavy (non-hydrogen) atoms. The van der Waals surface area contributed by atoms with E-state index in [0.717, 1.165) is 28.9 Å². The summed E-state index contributed by atoms with van der Waals surface area (Å²) in [5.74, 6) is 1.35. The number of ether oxygens (including phenoxy) is 1. The van der Waals surface area contributed by atoms with Crippen LogP contribution < -0.4 is 15.4 Å². The lowest BCUT2D eigenvalue weighted by Crippen LogP contribution is -2.36. The van der Waals surface area contributed by atoms with Crippen LogP contribution in [-0.4, -0.2) is 29.6 Å². The van der Waals surface area contributed by atoms with Gasteiger partial charge in [0.15, 0.2) is 5.96 Å². The number of hydrogen-bond donors (Lipinski definition) is 2. The molecule has 0 amide bonds. The van der Waals surface area contributed by atoms with Gasteiger partial charge in [-0.15, -0.1) is 11.3 Å². The van der Waals surface area contributed by atoms with Crippen LogP contribution in [0.4, 0.5) is 0 Å². The average Bonchev–Trinajstić information content (AvgIpc) is 2.88. The fourth-order valence-electron chi connectivity index (χ4n) is 1.94. The molecule has 0 bridgehead atoms. The Kier molecular flexibility index (Phi) is 6.34. The predicted molar refractivity (Wildman–Crippen MR) is 94.0 cm³/mol. The summed E-state index contributed by atoms with van der Waals surface area (Å²) in [6.07, 6.45) is 0. The predicted octanol–water partition coefficient (Wildman–Crippen LogP) is 2.42. The van der Waals surface area contributed by atoms with E-state index < -0.39 is 0 Å². The van der Waals surface area contributed by atoms with E-state index in [-0.39, 0.29) is 0 Å². The lowest BCUT2D eigenvalue weighted by molar-refractivity contribution is 0.396. The van der Waals surface area contributed by atoms with Crippen molar-refractivity contribution >= 4 is 17.3 Å². The number of nitrogens with one attached hydrogen (secondary N) is 2. The number of nitrogens with zero attached hydrogens (tertiary/aromatic N) is 3. The molecule has 0 fully saturated rings. The Morgan fingerprint density at radius 2 is 2.09 bits per heavy atom. The second kappa shape index (κ2) is 8.47. The van der Waals surface area contributed by atoms with Crippen LogP contribution in [0, 0.1) is 13.8 Å². The molecule has 0 unspecified atom stereocenters. The maximum atomic E-state index is 5.13. The lowest BCUT2D eigenvalue weighted by Gasteiger charge is -2.10. The monoisotopic (exact) mass is 333 g/mol. The van der Waals surface area contributed by atoms with Crippen LogP contribution in [0.5, 0.6) is 5.88 Å². The quantitative estimate of drug-likeness (QED) is 0.627. The molecule has 7 heteroatoms. The average molecular weight is 333 g/mol. The van der Waals surface area contributed by atoms with Crippen molar-refractivity contribution in [2.24, 2.45) is 4.99 Å². The molecule has 0 atom stereocenters. The summed E-state index contributed by atoms with van der Waals surface area (Å²) in [7, 11) is 1.61. The van der Waals surface area contributed by atoms with Crippen LogP contribution in [0.3, 0.4) is 0 Å². The standard InChI is InChI=1S/C16H23N5OS/c1-5-17-16(19-10-15-20-11(2)12(3)23-15)18-9-13-7-6-8-14(21-13)22-4/h6-8H,5,9-10H2,1-4H3,(H2,17,18,19). The van der Waals surface area contributed by atoms with Gasteiger partial charge in [-0.3, -0.25) is 0 Å². The molecule has 2 aromatic heterocycles. The Hall–Kier alpha value is -2.15. The van der Waals surface area contributed by atoms with Crippen LogP contribution in [0.2, 0.25) is 0 Å². The maximum absolute atomic E-state index is 5.13. The topological polar surface area (TPSA) is 71.4 Å². The second-order valence-corrected chi connectivity index (χ2v) is 6.26. The van der Waals surface area contributed by atoms with E-state index in [1.807, 2.05) is 32.0 Å². The van der Waals surface area contributed by atoms with Crippen LogP contribution in [0.25, 0.3) is 0 Å². The summed E-state index contributed by atoms with van der Waals surface area (Å²) in [4.78, 5) is 14.7. The van der Waals surface area contributed by atoms with E-state index >= 15 is 0 Å². The Balaban J connectivity index is 1.98. The van der Waals surface area contributed by atoms with Crippen molar-refractivity contribution in [3.05, 3.63) is 39.5 Å². The lowest BCUT2D eigenvalue weighted by atomic mass is 10.3. The molecule has 0 aromatic carbocycles. The summed E-state index contributed by atoms with van der Waals surface area (Å²) in [5, 5.41) is 7.59. The van der Waals surface area contributed by atoms with Crippen molar-refractivity contribution in [3.8, 4) is 5.88 Å². The van der Waals surface area contributed by atoms with Crippen molar-refractivity contribution in [2.75, 3.05) is 13.7 Å². The first-order chi connectivity index (χ1) is 11.1. The number of hydrogen-bond acceptors (Lipinski definition) is 5. The molecule has 124 valence electrons. The molecule has 2 rings (SSSR count). The van der Waals surface area contributed by atoms with E-state index in [0.29, 0.717) is 19.0 Å². The molecule has 2 aromatic rings. The molecule has 0 aliphatic heterocycles. The molecule has 0 saturated carbocycles. The van der Waals surface area contributed by atoms with Crippen LogP contribution in [0.1, 0.15) is 28.2 Å². The number of aromatic nitrogens is 2. The number of aryl methyl sites for hydroxylation is 2. The number of pyridine rings is 1. The fraction of sp³-hybridized carbons (Fsp3) is 0.438. The Morgan fingerprint density at radius 3 is 2.74 bits per heavy atom. The smallest absolute Gasteiger partial charge is 0.213 e. The molecule has 2 heterocycles. The Morgan fingerprint density at radius 1 is 1.26 bits per heavy atom. The zero-order valence-corrected chi connectivity index (χ0v) is 14.8. The molecule has 0 aliphatic carbocycles. The third-order valence-electron chi connectivity index (χ3n) is 3.21. The van der Waals surface area contributed by atoms with Crippen molar-refractivity contribution in [1.82, 2.24) is 20.6 Å². The SMILES string of the molecule is CCNC(=NCc1cccc(OC)n1)NCc1nc(C)c(C)s1. The summed E-state index contributed by atoms with van der Waals surface area (Å²) in [6.45, 7) is 8.11. The number of guanidine groups is 1. The fourth-order valence-corrected chi connectivity index (χ4v) is 2.81. The first kappa shape index (κ1) is 17.2. The zero-order valence-electron chi connectivity index (χ0n) is 14.0. The van der Waals surface area contributed by atoms with E-state index in [1.54, 1.807) is 18.4 Å². The zero-order chi connectivity index (χ0) is 16.7. The molecule has 0 saturated heterocycles. The molecule has 0 spiro atoms. The summed E-state index contributed by atoms with van der Waals surface area (Å²) < 4.78 is 5.13. The summed E-state index contributed by atoms with van der Waals surface area (Å²) in [5.41, 5.74) is 1.96. The Bertz CT molecular complexity index is 649. The molecule has 0 radical (unpaired) electrons. The normalized spacial score (nSPS) is 11.4. The van der Waals surface area contributed by atoms with Crippen molar-refractivity contribution in [2.45, 2.75) is 33.9 Å². The number of rotatable bonds is 6.